The highest BCUT2D eigenvalue weighted by Gasteiger charge is 2.03. The van der Waals surface area contributed by atoms with Gasteiger partial charge in [-0.3, -0.25) is 0 Å². The van der Waals surface area contributed by atoms with Crippen LogP contribution in [0.5, 0.6) is 0 Å². The predicted molar refractivity (Wildman–Crippen MR) is 52.8 cm³/mol. The van der Waals surface area contributed by atoms with Crippen LogP contribution < -0.4 is 0 Å². The highest BCUT2D eigenvalue weighted by atomic mass is 16.9. The van der Waals surface area contributed by atoms with E-state index in [4.69, 9.17) is 15.3 Å². The summed E-state index contributed by atoms with van der Waals surface area (Å²) in [6.07, 6.45) is 4.09. The van der Waals surface area contributed by atoms with Gasteiger partial charge >= 0.3 is 0 Å². The number of unbranched alkanes of at least 4 members (excludes halogenated alkanes) is 2. The largest absolute Gasteiger partial charge is 0.356 e. The first-order chi connectivity index (χ1) is 5.79. The molecule has 0 saturated heterocycles. The van der Waals surface area contributed by atoms with Crippen molar-refractivity contribution in [3.05, 3.63) is 15.3 Å². The van der Waals surface area contributed by atoms with Gasteiger partial charge in [-0.15, -0.1) is 0 Å². The number of nitrogens with zero attached hydrogens (tertiary/aromatic N) is 2. The topological polar surface area (TPSA) is 66.2 Å². The van der Waals surface area contributed by atoms with Crippen LogP contribution in [0.4, 0.5) is 0 Å². The van der Waals surface area contributed by atoms with Gasteiger partial charge in [-0.2, -0.15) is 0 Å². The van der Waals surface area contributed by atoms with Gasteiger partial charge < -0.3 is 19.8 Å². The van der Waals surface area contributed by atoms with Gasteiger partial charge in [-0.25, -0.2) is 0 Å². The van der Waals surface area contributed by atoms with Gasteiger partial charge in [0.1, 0.15) is 0 Å². The smallest absolute Gasteiger partial charge is 0.0780 e. The van der Waals surface area contributed by atoms with Crippen LogP contribution in [0.1, 0.15) is 26.2 Å². The first-order valence-corrected chi connectivity index (χ1v) is 4.41. The van der Waals surface area contributed by atoms with Gasteiger partial charge in [0.05, 0.1) is 32.8 Å². The summed E-state index contributed by atoms with van der Waals surface area (Å²) in [7, 11) is 6.74. The molecule has 0 amide bonds. The number of rotatable bonds is 4. The van der Waals surface area contributed by atoms with E-state index in [-0.39, 0.29) is 0 Å². The molecule has 0 unspecified atom stereocenters. The van der Waals surface area contributed by atoms with Crippen molar-refractivity contribution in [3.8, 4) is 0 Å². The van der Waals surface area contributed by atoms with E-state index in [1.165, 1.54) is 25.8 Å². The minimum Gasteiger partial charge on any atom is -0.356 e. The third-order valence-electron chi connectivity index (χ3n) is 1.43. The van der Waals surface area contributed by atoms with E-state index in [1.807, 2.05) is 0 Å². The minimum absolute atomic E-state index is 1.11. The van der Waals surface area contributed by atoms with Crippen molar-refractivity contribution in [1.29, 1.82) is 0 Å². The molecule has 0 N–H and O–H groups in total. The number of hydrogen-bond donors (Lipinski definition) is 0. The normalized spacial score (nSPS) is 10.2. The second kappa shape index (κ2) is 7.79. The van der Waals surface area contributed by atoms with E-state index in [0.717, 1.165) is 4.48 Å². The molecule has 0 aliphatic carbocycles. The Labute approximate surface area is 79.7 Å². The minimum atomic E-state index is -1.75. The monoisotopic (exact) mass is 192 g/mol. The molecule has 5 heteroatoms. The summed E-state index contributed by atoms with van der Waals surface area (Å²) in [4.78, 5) is 8.25. The van der Waals surface area contributed by atoms with Crippen LogP contribution in [0.3, 0.4) is 0 Å². The van der Waals surface area contributed by atoms with E-state index < -0.39 is 5.09 Å². The fourth-order valence-electron chi connectivity index (χ4n) is 0.836. The number of quaternary nitrogens is 1. The van der Waals surface area contributed by atoms with Crippen LogP contribution in [0.25, 0.3) is 0 Å². The van der Waals surface area contributed by atoms with Crippen molar-refractivity contribution in [2.75, 3.05) is 27.7 Å². The van der Waals surface area contributed by atoms with E-state index in [1.54, 1.807) is 0 Å². The summed E-state index contributed by atoms with van der Waals surface area (Å²) in [6, 6.07) is 0. The third-order valence-corrected chi connectivity index (χ3v) is 1.43. The standard InChI is InChI=1S/C8H20N.NO3/c1-5-6-7-8-9(2,3)4;2-1(3)4/h5-8H2,1-4H3;/q+1;-1. The molecule has 5 nitrogen and oxygen atoms in total. The third kappa shape index (κ3) is 35.2. The lowest BCUT2D eigenvalue weighted by Crippen LogP contribution is -2.35. The van der Waals surface area contributed by atoms with Crippen molar-refractivity contribution in [2.24, 2.45) is 0 Å². The van der Waals surface area contributed by atoms with Crippen LogP contribution in [-0.2, 0) is 0 Å². The highest BCUT2D eigenvalue weighted by Crippen LogP contribution is 1.98. The molecule has 0 saturated carbocycles. The van der Waals surface area contributed by atoms with Gasteiger partial charge in [0.25, 0.3) is 0 Å². The summed E-state index contributed by atoms with van der Waals surface area (Å²) in [5.74, 6) is 0. The van der Waals surface area contributed by atoms with Crippen molar-refractivity contribution >= 4 is 0 Å². The molecule has 0 fully saturated rings. The second-order valence-electron chi connectivity index (χ2n) is 3.94. The Morgan fingerprint density at radius 1 is 1.15 bits per heavy atom. The lowest BCUT2D eigenvalue weighted by atomic mass is 10.2. The SMILES string of the molecule is CCCCC[N+](C)(C)C.O=[N+]([O-])[O-]. The quantitative estimate of drug-likeness (QED) is 0.294. The molecule has 0 aromatic rings. The first-order valence-electron chi connectivity index (χ1n) is 4.41. The second-order valence-corrected chi connectivity index (χ2v) is 3.94. The lowest BCUT2D eigenvalue weighted by Gasteiger charge is -2.23. The summed E-state index contributed by atoms with van der Waals surface area (Å²) < 4.78 is 1.11. The molecule has 0 aromatic carbocycles. The van der Waals surface area contributed by atoms with Crippen LogP contribution >= 0.6 is 0 Å². The first kappa shape index (κ1) is 14.7. The van der Waals surface area contributed by atoms with Crippen molar-refractivity contribution < 1.29 is 9.57 Å². The van der Waals surface area contributed by atoms with Gasteiger partial charge in [0.15, 0.2) is 0 Å². The van der Waals surface area contributed by atoms with Gasteiger partial charge in [-0.1, -0.05) is 13.3 Å². The maximum atomic E-state index is 8.25. The molecule has 0 radical (unpaired) electrons. The molecule has 80 valence electrons. The van der Waals surface area contributed by atoms with Gasteiger partial charge in [-0.05, 0) is 12.8 Å². The Balaban J connectivity index is 0. The van der Waals surface area contributed by atoms with Crippen molar-refractivity contribution in [3.63, 3.8) is 0 Å². The van der Waals surface area contributed by atoms with Crippen LogP contribution in [-0.4, -0.2) is 37.3 Å². The zero-order valence-corrected chi connectivity index (χ0v) is 8.95. The van der Waals surface area contributed by atoms with E-state index in [2.05, 4.69) is 28.1 Å². The Hall–Kier alpha value is -0.840. The van der Waals surface area contributed by atoms with E-state index in [9.17, 15) is 0 Å². The highest BCUT2D eigenvalue weighted by molar-refractivity contribution is 4.34. The van der Waals surface area contributed by atoms with Crippen LogP contribution in [0.15, 0.2) is 0 Å². The fraction of sp³-hybridized carbons (Fsp3) is 1.00. The Bertz CT molecular complexity index is 128. The molecule has 0 bridgehead atoms. The summed E-state index contributed by atoms with van der Waals surface area (Å²) in [6.45, 7) is 3.56. The average Bonchev–Trinajstić information content (AvgIpc) is 1.83. The Morgan fingerprint density at radius 2 is 1.54 bits per heavy atom. The Kier molecular flexibility index (Phi) is 8.79. The summed E-state index contributed by atoms with van der Waals surface area (Å²) >= 11 is 0. The average molecular weight is 192 g/mol. The molecular weight excluding hydrogens is 172 g/mol. The molecule has 0 aliphatic heterocycles. The van der Waals surface area contributed by atoms with Crippen molar-refractivity contribution in [2.45, 2.75) is 26.2 Å². The zero-order chi connectivity index (χ0) is 10.9. The van der Waals surface area contributed by atoms with Crippen molar-refractivity contribution in [1.82, 2.24) is 0 Å². The zero-order valence-electron chi connectivity index (χ0n) is 8.95. The Morgan fingerprint density at radius 3 is 1.77 bits per heavy atom. The maximum absolute atomic E-state index is 8.25. The molecule has 13 heavy (non-hydrogen) atoms. The molecule has 0 spiro atoms. The molecule has 0 aromatic heterocycles. The molecule has 0 atom stereocenters. The fourth-order valence-corrected chi connectivity index (χ4v) is 0.836. The van der Waals surface area contributed by atoms with E-state index in [0.29, 0.717) is 0 Å². The number of hydrogen-bond acceptors (Lipinski definition) is 3. The summed E-state index contributed by atoms with van der Waals surface area (Å²) in [5.41, 5.74) is 0. The maximum Gasteiger partial charge on any atom is 0.0780 e. The van der Waals surface area contributed by atoms with E-state index >= 15 is 0 Å². The summed E-state index contributed by atoms with van der Waals surface area (Å²) in [5, 5.41) is 14.8. The lowest BCUT2D eigenvalue weighted by molar-refractivity contribution is -0.870. The molecule has 0 aliphatic rings. The molecule has 0 heterocycles. The van der Waals surface area contributed by atoms with Gasteiger partial charge in [0.2, 0.25) is 0 Å². The van der Waals surface area contributed by atoms with Gasteiger partial charge in [0, 0.05) is 0 Å². The molecular formula is C8H20N2O3. The van der Waals surface area contributed by atoms with Crippen LogP contribution in [0, 0.1) is 15.3 Å². The predicted octanol–water partition coefficient (Wildman–Crippen LogP) is 1.64. The molecule has 0 rings (SSSR count). The van der Waals surface area contributed by atoms with Crippen LogP contribution in [0.2, 0.25) is 0 Å².